The maximum absolute atomic E-state index is 5.60. The zero-order valence-electron chi connectivity index (χ0n) is 12.5. The summed E-state index contributed by atoms with van der Waals surface area (Å²) in [5.74, 6) is 0.549. The van der Waals surface area contributed by atoms with E-state index < -0.39 is 0 Å². The van der Waals surface area contributed by atoms with Gasteiger partial charge in [0.2, 0.25) is 0 Å². The second kappa shape index (κ2) is 6.64. The number of halogens is 1. The molecule has 1 aliphatic heterocycles. The number of rotatable bonds is 4. The molecule has 0 saturated carbocycles. The Morgan fingerprint density at radius 1 is 1.36 bits per heavy atom. The van der Waals surface area contributed by atoms with Gasteiger partial charge in [0.25, 0.3) is 0 Å². The SMILES string of the molecule is CC(C)CN1C(=S)N[C@H](c2ccccn2)[C@H]1c1ccc(Br)s1. The van der Waals surface area contributed by atoms with Crippen molar-refractivity contribution in [3.05, 3.63) is 50.9 Å². The fraction of sp³-hybridized carbons (Fsp3) is 0.375. The van der Waals surface area contributed by atoms with Crippen LogP contribution in [0.25, 0.3) is 0 Å². The van der Waals surface area contributed by atoms with Gasteiger partial charge >= 0.3 is 0 Å². The van der Waals surface area contributed by atoms with E-state index in [0.717, 1.165) is 21.1 Å². The van der Waals surface area contributed by atoms with Crippen LogP contribution in [0.15, 0.2) is 40.3 Å². The van der Waals surface area contributed by atoms with E-state index >= 15 is 0 Å². The minimum atomic E-state index is 0.0954. The minimum Gasteiger partial charge on any atom is -0.352 e. The molecule has 3 heterocycles. The summed E-state index contributed by atoms with van der Waals surface area (Å²) < 4.78 is 1.14. The molecule has 0 radical (unpaired) electrons. The highest BCUT2D eigenvalue weighted by molar-refractivity contribution is 9.11. The van der Waals surface area contributed by atoms with Gasteiger partial charge in [0.15, 0.2) is 5.11 Å². The van der Waals surface area contributed by atoms with E-state index in [1.165, 1.54) is 4.88 Å². The van der Waals surface area contributed by atoms with E-state index in [-0.39, 0.29) is 12.1 Å². The summed E-state index contributed by atoms with van der Waals surface area (Å²) in [5.41, 5.74) is 1.03. The minimum absolute atomic E-state index is 0.0954. The van der Waals surface area contributed by atoms with Crippen LogP contribution in [0.5, 0.6) is 0 Å². The molecule has 22 heavy (non-hydrogen) atoms. The quantitative estimate of drug-likeness (QED) is 0.769. The third-order valence-electron chi connectivity index (χ3n) is 3.65. The Bertz CT molecular complexity index is 656. The third-order valence-corrected chi connectivity index (χ3v) is 5.69. The van der Waals surface area contributed by atoms with Gasteiger partial charge in [0, 0.05) is 17.6 Å². The van der Waals surface area contributed by atoms with E-state index in [1.54, 1.807) is 11.3 Å². The van der Waals surface area contributed by atoms with Crippen molar-refractivity contribution in [2.75, 3.05) is 6.54 Å². The Labute approximate surface area is 148 Å². The molecule has 1 saturated heterocycles. The van der Waals surface area contributed by atoms with Crippen molar-refractivity contribution in [2.24, 2.45) is 5.92 Å². The number of hydrogen-bond donors (Lipinski definition) is 1. The standard InChI is InChI=1S/C16H18BrN3S2/c1-10(2)9-20-15(12-6-7-13(17)22-12)14(19-16(20)21)11-5-3-4-8-18-11/h3-8,10,14-15H,9H2,1-2H3,(H,19,21)/t14-,15-/m1/s1. The Hall–Kier alpha value is -0.980. The van der Waals surface area contributed by atoms with Crippen molar-refractivity contribution < 1.29 is 0 Å². The summed E-state index contributed by atoms with van der Waals surface area (Å²) in [4.78, 5) is 8.14. The summed E-state index contributed by atoms with van der Waals surface area (Å²) in [7, 11) is 0. The predicted molar refractivity (Wildman–Crippen MR) is 99.0 cm³/mol. The van der Waals surface area contributed by atoms with Crippen LogP contribution in [-0.2, 0) is 0 Å². The molecule has 0 bridgehead atoms. The van der Waals surface area contributed by atoms with Gasteiger partial charge in [-0.2, -0.15) is 0 Å². The lowest BCUT2D eigenvalue weighted by atomic mass is 10.0. The van der Waals surface area contributed by atoms with Crippen molar-refractivity contribution in [3.8, 4) is 0 Å². The van der Waals surface area contributed by atoms with Crippen molar-refractivity contribution >= 4 is 44.6 Å². The van der Waals surface area contributed by atoms with E-state index in [4.69, 9.17) is 12.2 Å². The van der Waals surface area contributed by atoms with Gasteiger partial charge in [-0.05, 0) is 58.3 Å². The summed E-state index contributed by atoms with van der Waals surface area (Å²) >= 11 is 10.9. The Kier molecular flexibility index (Phi) is 4.80. The van der Waals surface area contributed by atoms with Crippen LogP contribution >= 0.6 is 39.5 Å². The van der Waals surface area contributed by atoms with E-state index in [1.807, 2.05) is 18.3 Å². The van der Waals surface area contributed by atoms with Crippen LogP contribution in [-0.4, -0.2) is 21.5 Å². The molecule has 0 amide bonds. The van der Waals surface area contributed by atoms with Crippen LogP contribution in [0.1, 0.15) is 36.5 Å². The zero-order chi connectivity index (χ0) is 15.7. The van der Waals surface area contributed by atoms with Gasteiger partial charge in [-0.1, -0.05) is 19.9 Å². The van der Waals surface area contributed by atoms with Gasteiger partial charge < -0.3 is 10.2 Å². The Morgan fingerprint density at radius 2 is 2.18 bits per heavy atom. The maximum Gasteiger partial charge on any atom is 0.170 e. The second-order valence-electron chi connectivity index (χ2n) is 5.81. The summed E-state index contributed by atoms with van der Waals surface area (Å²) in [6, 6.07) is 10.6. The van der Waals surface area contributed by atoms with E-state index in [0.29, 0.717) is 5.92 Å². The normalized spacial score (nSPS) is 21.5. The number of thiophene rings is 1. The molecule has 0 aliphatic carbocycles. The lowest BCUT2D eigenvalue weighted by molar-refractivity contribution is 0.291. The first-order chi connectivity index (χ1) is 10.6. The lowest BCUT2D eigenvalue weighted by Crippen LogP contribution is -2.32. The van der Waals surface area contributed by atoms with Gasteiger partial charge in [-0.15, -0.1) is 11.3 Å². The van der Waals surface area contributed by atoms with E-state index in [9.17, 15) is 0 Å². The zero-order valence-corrected chi connectivity index (χ0v) is 15.7. The molecule has 1 N–H and O–H groups in total. The van der Waals surface area contributed by atoms with Crippen molar-refractivity contribution in [1.82, 2.24) is 15.2 Å². The molecule has 0 unspecified atom stereocenters. The molecule has 1 fully saturated rings. The first kappa shape index (κ1) is 15.9. The highest BCUT2D eigenvalue weighted by Gasteiger charge is 2.40. The summed E-state index contributed by atoms with van der Waals surface area (Å²) in [6.07, 6.45) is 1.84. The topological polar surface area (TPSA) is 28.2 Å². The molecule has 2 atom stereocenters. The largest absolute Gasteiger partial charge is 0.352 e. The maximum atomic E-state index is 5.60. The number of aromatic nitrogens is 1. The first-order valence-corrected chi connectivity index (χ1v) is 9.31. The van der Waals surface area contributed by atoms with Crippen molar-refractivity contribution in [1.29, 1.82) is 0 Å². The highest BCUT2D eigenvalue weighted by atomic mass is 79.9. The summed E-state index contributed by atoms with van der Waals surface area (Å²) in [5, 5.41) is 4.29. The van der Waals surface area contributed by atoms with Crippen LogP contribution in [0.2, 0.25) is 0 Å². The lowest BCUT2D eigenvalue weighted by Gasteiger charge is -2.28. The van der Waals surface area contributed by atoms with Crippen LogP contribution in [0.3, 0.4) is 0 Å². The van der Waals surface area contributed by atoms with E-state index in [2.05, 4.69) is 63.2 Å². The number of nitrogens with zero attached hydrogens (tertiary/aromatic N) is 2. The summed E-state index contributed by atoms with van der Waals surface area (Å²) in [6.45, 7) is 5.38. The molecule has 2 aromatic rings. The average molecular weight is 396 g/mol. The molecule has 0 spiro atoms. The molecule has 3 nitrogen and oxygen atoms in total. The molecule has 0 aromatic carbocycles. The predicted octanol–water partition coefficient (Wildman–Crippen LogP) is 4.53. The molecular weight excluding hydrogens is 378 g/mol. The van der Waals surface area contributed by atoms with Gasteiger partial charge in [0.1, 0.15) is 0 Å². The monoisotopic (exact) mass is 395 g/mol. The fourth-order valence-electron chi connectivity index (χ4n) is 2.79. The van der Waals surface area contributed by atoms with Crippen molar-refractivity contribution in [3.63, 3.8) is 0 Å². The van der Waals surface area contributed by atoms with Crippen LogP contribution in [0, 0.1) is 5.92 Å². The smallest absolute Gasteiger partial charge is 0.170 e. The van der Waals surface area contributed by atoms with Crippen LogP contribution in [0.4, 0.5) is 0 Å². The molecule has 116 valence electrons. The second-order valence-corrected chi connectivity index (χ2v) is 8.70. The molecule has 3 rings (SSSR count). The number of hydrogen-bond acceptors (Lipinski definition) is 3. The van der Waals surface area contributed by atoms with Gasteiger partial charge in [-0.25, -0.2) is 0 Å². The van der Waals surface area contributed by atoms with Gasteiger partial charge in [-0.3, -0.25) is 4.98 Å². The Balaban J connectivity index is 2.00. The third kappa shape index (κ3) is 3.19. The number of thiocarbonyl (C=S) groups is 1. The van der Waals surface area contributed by atoms with Gasteiger partial charge in [0.05, 0.1) is 21.6 Å². The molecule has 6 heteroatoms. The average Bonchev–Trinajstić information content (AvgIpc) is 3.04. The molecule has 2 aromatic heterocycles. The van der Waals surface area contributed by atoms with Crippen molar-refractivity contribution in [2.45, 2.75) is 25.9 Å². The Morgan fingerprint density at radius 3 is 2.77 bits per heavy atom. The number of pyridine rings is 1. The number of nitrogens with one attached hydrogen (secondary N) is 1. The fourth-order valence-corrected chi connectivity index (χ4v) is 4.68. The molecular formula is C16H18BrN3S2. The first-order valence-electron chi connectivity index (χ1n) is 7.29. The van der Waals surface area contributed by atoms with Crippen LogP contribution < -0.4 is 5.32 Å². The highest BCUT2D eigenvalue weighted by Crippen LogP contribution is 2.42. The molecule has 1 aliphatic rings.